The molecule has 5 nitrogen and oxygen atoms in total. The van der Waals surface area contributed by atoms with Crippen LogP contribution in [0.25, 0.3) is 0 Å². The summed E-state index contributed by atoms with van der Waals surface area (Å²) >= 11 is 5.81. The number of aliphatic imine (C=N–C) groups is 1. The third kappa shape index (κ3) is 6.56. The van der Waals surface area contributed by atoms with Crippen LogP contribution in [0.1, 0.15) is 37.3 Å². The number of nitrogens with zero attached hydrogens (tertiary/aromatic N) is 2. The highest BCUT2D eigenvalue weighted by Gasteiger charge is 2.06. The van der Waals surface area contributed by atoms with Crippen LogP contribution in [0.15, 0.2) is 47.6 Å². The van der Waals surface area contributed by atoms with Crippen LogP contribution >= 0.6 is 11.6 Å². The van der Waals surface area contributed by atoms with Crippen LogP contribution in [0, 0.1) is 0 Å². The summed E-state index contributed by atoms with van der Waals surface area (Å²) in [5.41, 5.74) is 2.33. The highest BCUT2D eigenvalue weighted by molar-refractivity contribution is 6.29. The molecule has 2 N–H and O–H groups in total. The van der Waals surface area contributed by atoms with Crippen molar-refractivity contribution in [3.8, 4) is 5.75 Å². The Morgan fingerprint density at radius 3 is 2.58 bits per heavy atom. The second-order valence-corrected chi connectivity index (χ2v) is 6.46. The SMILES string of the molecule is CCNC(=NCc1ccc(Cl)nc1)NCCC(C)c1ccc(OC)cc1. The molecule has 0 fully saturated rings. The van der Waals surface area contributed by atoms with Gasteiger partial charge in [0.15, 0.2) is 5.96 Å². The summed E-state index contributed by atoms with van der Waals surface area (Å²) in [5, 5.41) is 7.16. The Morgan fingerprint density at radius 2 is 1.96 bits per heavy atom. The van der Waals surface area contributed by atoms with E-state index in [0.29, 0.717) is 17.6 Å². The van der Waals surface area contributed by atoms with Crippen molar-refractivity contribution in [1.82, 2.24) is 15.6 Å². The van der Waals surface area contributed by atoms with Gasteiger partial charge in [-0.1, -0.05) is 36.7 Å². The molecule has 1 unspecified atom stereocenters. The highest BCUT2D eigenvalue weighted by Crippen LogP contribution is 2.21. The maximum absolute atomic E-state index is 5.81. The van der Waals surface area contributed by atoms with Crippen molar-refractivity contribution in [2.24, 2.45) is 4.99 Å². The number of nitrogens with one attached hydrogen (secondary N) is 2. The van der Waals surface area contributed by atoms with Crippen LogP contribution in [0.3, 0.4) is 0 Å². The van der Waals surface area contributed by atoms with Crippen molar-refractivity contribution in [3.05, 3.63) is 58.9 Å². The minimum atomic E-state index is 0.455. The molecule has 1 heterocycles. The molecular formula is C20H27ClN4O. The lowest BCUT2D eigenvalue weighted by Crippen LogP contribution is -2.38. The molecule has 0 saturated carbocycles. The summed E-state index contributed by atoms with van der Waals surface area (Å²) in [5.74, 6) is 2.15. The smallest absolute Gasteiger partial charge is 0.191 e. The van der Waals surface area contributed by atoms with E-state index in [4.69, 9.17) is 16.3 Å². The fourth-order valence-electron chi connectivity index (χ4n) is 2.52. The summed E-state index contributed by atoms with van der Waals surface area (Å²) in [6, 6.07) is 12.0. The van der Waals surface area contributed by atoms with Gasteiger partial charge in [0.25, 0.3) is 0 Å². The van der Waals surface area contributed by atoms with Crippen LogP contribution in [-0.4, -0.2) is 31.1 Å². The van der Waals surface area contributed by atoms with Crippen LogP contribution in [-0.2, 0) is 6.54 Å². The van der Waals surface area contributed by atoms with E-state index in [2.05, 4.69) is 46.6 Å². The number of hydrogen-bond donors (Lipinski definition) is 2. The minimum Gasteiger partial charge on any atom is -0.497 e. The van der Waals surface area contributed by atoms with Crippen LogP contribution in [0.5, 0.6) is 5.75 Å². The third-order valence-corrected chi connectivity index (χ3v) is 4.33. The van der Waals surface area contributed by atoms with E-state index in [9.17, 15) is 0 Å². The highest BCUT2D eigenvalue weighted by atomic mass is 35.5. The summed E-state index contributed by atoms with van der Waals surface area (Å²) in [6.45, 7) is 6.51. The van der Waals surface area contributed by atoms with Gasteiger partial charge in [0, 0.05) is 19.3 Å². The fraction of sp³-hybridized carbons (Fsp3) is 0.400. The molecule has 2 aromatic rings. The predicted molar refractivity (Wildman–Crippen MR) is 108 cm³/mol. The third-order valence-electron chi connectivity index (χ3n) is 4.11. The Balaban J connectivity index is 1.84. The van der Waals surface area contributed by atoms with Gasteiger partial charge < -0.3 is 15.4 Å². The zero-order valence-corrected chi connectivity index (χ0v) is 16.4. The van der Waals surface area contributed by atoms with Crippen molar-refractivity contribution >= 4 is 17.6 Å². The lowest BCUT2D eigenvalue weighted by molar-refractivity contribution is 0.414. The Bertz CT molecular complexity index is 686. The average molecular weight is 375 g/mol. The van der Waals surface area contributed by atoms with E-state index in [1.165, 1.54) is 5.56 Å². The minimum absolute atomic E-state index is 0.455. The first-order valence-corrected chi connectivity index (χ1v) is 9.26. The number of guanidine groups is 1. The molecule has 2 rings (SSSR count). The van der Waals surface area contributed by atoms with Gasteiger partial charge in [-0.25, -0.2) is 9.98 Å². The number of aromatic nitrogens is 1. The van der Waals surface area contributed by atoms with E-state index in [1.807, 2.05) is 18.2 Å². The van der Waals surface area contributed by atoms with Gasteiger partial charge in [0.1, 0.15) is 10.9 Å². The first-order chi connectivity index (χ1) is 12.6. The van der Waals surface area contributed by atoms with Gasteiger partial charge in [0.2, 0.25) is 0 Å². The maximum atomic E-state index is 5.81. The van der Waals surface area contributed by atoms with E-state index in [-0.39, 0.29) is 0 Å². The molecule has 0 amide bonds. The molecular weight excluding hydrogens is 348 g/mol. The molecule has 0 spiro atoms. The van der Waals surface area contributed by atoms with Gasteiger partial charge >= 0.3 is 0 Å². The summed E-state index contributed by atoms with van der Waals surface area (Å²) < 4.78 is 5.21. The van der Waals surface area contributed by atoms with E-state index < -0.39 is 0 Å². The number of pyridine rings is 1. The van der Waals surface area contributed by atoms with E-state index in [1.54, 1.807) is 19.4 Å². The quantitative estimate of drug-likeness (QED) is 0.416. The summed E-state index contributed by atoms with van der Waals surface area (Å²) in [6.07, 6.45) is 2.76. The van der Waals surface area contributed by atoms with Crippen molar-refractivity contribution in [1.29, 1.82) is 0 Å². The number of benzene rings is 1. The molecule has 1 atom stereocenters. The van der Waals surface area contributed by atoms with Crippen molar-refractivity contribution in [2.75, 3.05) is 20.2 Å². The van der Waals surface area contributed by atoms with Crippen molar-refractivity contribution < 1.29 is 4.74 Å². The Morgan fingerprint density at radius 1 is 1.19 bits per heavy atom. The molecule has 26 heavy (non-hydrogen) atoms. The van der Waals surface area contributed by atoms with Crippen LogP contribution < -0.4 is 15.4 Å². The molecule has 1 aromatic heterocycles. The van der Waals surface area contributed by atoms with Crippen molar-refractivity contribution in [2.45, 2.75) is 32.7 Å². The first-order valence-electron chi connectivity index (χ1n) is 8.89. The first kappa shape index (κ1) is 20.0. The van der Waals surface area contributed by atoms with Gasteiger partial charge in [-0.05, 0) is 48.6 Å². The van der Waals surface area contributed by atoms with Crippen LogP contribution in [0.4, 0.5) is 0 Å². The van der Waals surface area contributed by atoms with Gasteiger partial charge in [-0.2, -0.15) is 0 Å². The van der Waals surface area contributed by atoms with Gasteiger partial charge in [-0.3, -0.25) is 0 Å². The zero-order valence-electron chi connectivity index (χ0n) is 15.6. The predicted octanol–water partition coefficient (Wildman–Crippen LogP) is 3.99. The molecule has 1 aromatic carbocycles. The Labute approximate surface area is 160 Å². The fourth-order valence-corrected chi connectivity index (χ4v) is 2.63. The molecule has 0 radical (unpaired) electrons. The molecule has 0 aliphatic rings. The molecule has 140 valence electrons. The second kappa shape index (κ2) is 10.7. The number of ether oxygens (including phenoxy) is 1. The zero-order chi connectivity index (χ0) is 18.8. The normalized spacial score (nSPS) is 12.5. The average Bonchev–Trinajstić information content (AvgIpc) is 2.67. The topological polar surface area (TPSA) is 58.5 Å². The molecule has 0 aliphatic carbocycles. The Kier molecular flexibility index (Phi) is 8.22. The van der Waals surface area contributed by atoms with E-state index in [0.717, 1.165) is 36.8 Å². The monoisotopic (exact) mass is 374 g/mol. The number of hydrogen-bond acceptors (Lipinski definition) is 3. The second-order valence-electron chi connectivity index (χ2n) is 6.07. The van der Waals surface area contributed by atoms with Crippen molar-refractivity contribution in [3.63, 3.8) is 0 Å². The number of methoxy groups -OCH3 is 1. The summed E-state index contributed by atoms with van der Waals surface area (Å²) in [4.78, 5) is 8.68. The lowest BCUT2D eigenvalue weighted by atomic mass is 9.98. The Hall–Kier alpha value is -2.27. The van der Waals surface area contributed by atoms with Gasteiger partial charge in [0.05, 0.1) is 13.7 Å². The number of halogens is 1. The lowest BCUT2D eigenvalue weighted by Gasteiger charge is -2.15. The molecule has 6 heteroatoms. The molecule has 0 bridgehead atoms. The maximum Gasteiger partial charge on any atom is 0.191 e. The van der Waals surface area contributed by atoms with Gasteiger partial charge in [-0.15, -0.1) is 0 Å². The largest absolute Gasteiger partial charge is 0.497 e. The standard InChI is InChI=1S/C20H27ClN4O/c1-4-22-20(25-14-16-5-10-19(21)24-13-16)23-12-11-15(2)17-6-8-18(26-3)9-7-17/h5-10,13,15H,4,11-12,14H2,1-3H3,(H2,22,23,25). The summed E-state index contributed by atoms with van der Waals surface area (Å²) in [7, 11) is 1.68. The molecule has 0 saturated heterocycles. The van der Waals surface area contributed by atoms with Crippen LogP contribution in [0.2, 0.25) is 5.15 Å². The number of rotatable bonds is 8. The molecule has 0 aliphatic heterocycles. The van der Waals surface area contributed by atoms with E-state index >= 15 is 0 Å².